The quantitative estimate of drug-likeness (QED) is 0.892. The molecular weight excluding hydrogens is 329 g/mol. The van der Waals surface area contributed by atoms with Gasteiger partial charge in [0.2, 0.25) is 5.91 Å². The summed E-state index contributed by atoms with van der Waals surface area (Å²) in [5.74, 6) is -0.402. The third-order valence-corrected chi connectivity index (χ3v) is 3.98. The van der Waals surface area contributed by atoms with Crippen molar-refractivity contribution in [1.82, 2.24) is 10.3 Å². The maximum Gasteiger partial charge on any atom is 0.217 e. The minimum Gasteiger partial charge on any atom is -0.342 e. The lowest BCUT2D eigenvalue weighted by atomic mass is 9.96. The summed E-state index contributed by atoms with van der Waals surface area (Å²) in [4.78, 5) is 11.1. The standard InChI is InChI=1S/C18H17ClFN3O/c1-12(24)21-11-23-9-8-14(15-4-2-3-5-17(15)20)16-10-13(19)6-7-18(16)22-23/h2-8,10,22H,9,11H2,1H3,(H,21,24). The monoisotopic (exact) mass is 345 g/mol. The Bertz CT molecular complexity index is 807. The molecule has 0 aromatic heterocycles. The molecule has 0 atom stereocenters. The maximum absolute atomic E-state index is 14.3. The van der Waals surface area contributed by atoms with Crippen LogP contribution in [0.3, 0.4) is 0 Å². The van der Waals surface area contributed by atoms with E-state index in [9.17, 15) is 9.18 Å². The van der Waals surface area contributed by atoms with E-state index in [1.54, 1.807) is 24.3 Å². The van der Waals surface area contributed by atoms with Gasteiger partial charge in [-0.2, -0.15) is 0 Å². The summed E-state index contributed by atoms with van der Waals surface area (Å²) >= 11 is 6.14. The van der Waals surface area contributed by atoms with Crippen molar-refractivity contribution in [3.63, 3.8) is 0 Å². The summed E-state index contributed by atoms with van der Waals surface area (Å²) in [7, 11) is 0. The third kappa shape index (κ3) is 3.58. The SMILES string of the molecule is CC(=O)NCN1CC=C(c2ccccc2F)c2cc(Cl)ccc2N1. The predicted molar refractivity (Wildman–Crippen MR) is 93.9 cm³/mol. The average molecular weight is 346 g/mol. The number of carbonyl (C=O) groups is 1. The Morgan fingerprint density at radius 1 is 1.29 bits per heavy atom. The first-order chi connectivity index (χ1) is 11.5. The second kappa shape index (κ2) is 7.03. The molecule has 1 heterocycles. The normalized spacial score (nSPS) is 14.2. The van der Waals surface area contributed by atoms with Crippen LogP contribution in [-0.4, -0.2) is 24.1 Å². The molecule has 2 aromatic carbocycles. The van der Waals surface area contributed by atoms with Crippen LogP contribution in [0.4, 0.5) is 10.1 Å². The number of carbonyl (C=O) groups excluding carboxylic acids is 1. The van der Waals surface area contributed by atoms with Gasteiger partial charge in [0.15, 0.2) is 0 Å². The van der Waals surface area contributed by atoms with E-state index < -0.39 is 0 Å². The molecule has 0 spiro atoms. The molecule has 124 valence electrons. The number of nitrogens with zero attached hydrogens (tertiary/aromatic N) is 1. The Hall–Kier alpha value is -2.37. The second-order valence-electron chi connectivity index (χ2n) is 5.51. The van der Waals surface area contributed by atoms with Gasteiger partial charge in [0.1, 0.15) is 5.82 Å². The number of hydrogen-bond donors (Lipinski definition) is 2. The largest absolute Gasteiger partial charge is 0.342 e. The predicted octanol–water partition coefficient (Wildman–Crippen LogP) is 3.65. The number of benzene rings is 2. The molecule has 6 heteroatoms. The van der Waals surface area contributed by atoms with Gasteiger partial charge in [-0.05, 0) is 29.8 Å². The topological polar surface area (TPSA) is 44.4 Å². The Labute approximate surface area is 144 Å². The van der Waals surface area contributed by atoms with Crippen LogP contribution in [0.25, 0.3) is 5.57 Å². The van der Waals surface area contributed by atoms with Crippen LogP contribution < -0.4 is 10.7 Å². The van der Waals surface area contributed by atoms with Crippen LogP contribution in [0.5, 0.6) is 0 Å². The van der Waals surface area contributed by atoms with Crippen molar-refractivity contribution in [2.45, 2.75) is 6.92 Å². The van der Waals surface area contributed by atoms with Gasteiger partial charge in [0.25, 0.3) is 0 Å². The number of nitrogens with one attached hydrogen (secondary N) is 2. The van der Waals surface area contributed by atoms with E-state index in [0.29, 0.717) is 23.8 Å². The average Bonchev–Trinajstić information content (AvgIpc) is 2.72. The first-order valence-corrected chi connectivity index (χ1v) is 7.93. The Morgan fingerprint density at radius 3 is 2.83 bits per heavy atom. The minimum atomic E-state index is -0.287. The number of amides is 1. The zero-order chi connectivity index (χ0) is 17.1. The van der Waals surface area contributed by atoms with Crippen molar-refractivity contribution in [3.05, 3.63) is 70.5 Å². The zero-order valence-electron chi connectivity index (χ0n) is 13.1. The highest BCUT2D eigenvalue weighted by molar-refractivity contribution is 6.31. The van der Waals surface area contributed by atoms with Gasteiger partial charge in [-0.25, -0.2) is 9.40 Å². The van der Waals surface area contributed by atoms with Gasteiger partial charge in [-0.1, -0.05) is 35.9 Å². The molecule has 1 aliphatic rings. The van der Waals surface area contributed by atoms with E-state index in [4.69, 9.17) is 11.6 Å². The Kier molecular flexibility index (Phi) is 4.83. The van der Waals surface area contributed by atoms with Gasteiger partial charge in [-0.3, -0.25) is 4.79 Å². The summed E-state index contributed by atoms with van der Waals surface area (Å²) in [5.41, 5.74) is 6.15. The molecule has 0 fully saturated rings. The fraction of sp³-hybridized carbons (Fsp3) is 0.167. The first kappa shape index (κ1) is 16.5. The summed E-state index contributed by atoms with van der Waals surface area (Å²) in [6.45, 7) is 2.29. The number of anilines is 1. The van der Waals surface area contributed by atoms with Crippen molar-refractivity contribution in [2.24, 2.45) is 0 Å². The summed E-state index contributed by atoms with van der Waals surface area (Å²) in [5, 5.41) is 5.16. The van der Waals surface area contributed by atoms with E-state index in [1.807, 2.05) is 23.2 Å². The molecule has 0 saturated heterocycles. The molecule has 4 nitrogen and oxygen atoms in total. The van der Waals surface area contributed by atoms with Crippen LogP contribution in [-0.2, 0) is 4.79 Å². The van der Waals surface area contributed by atoms with Crippen LogP contribution in [0.2, 0.25) is 5.02 Å². The van der Waals surface area contributed by atoms with Crippen molar-refractivity contribution < 1.29 is 9.18 Å². The third-order valence-electron chi connectivity index (χ3n) is 3.75. The van der Waals surface area contributed by atoms with Gasteiger partial charge in [0, 0.05) is 29.6 Å². The summed E-state index contributed by atoms with van der Waals surface area (Å²) in [6, 6.07) is 12.1. The van der Waals surface area contributed by atoms with E-state index in [-0.39, 0.29) is 11.7 Å². The van der Waals surface area contributed by atoms with Crippen LogP contribution in [0.1, 0.15) is 18.1 Å². The van der Waals surface area contributed by atoms with Crippen LogP contribution in [0.15, 0.2) is 48.5 Å². The minimum absolute atomic E-state index is 0.115. The smallest absolute Gasteiger partial charge is 0.217 e. The molecule has 3 rings (SSSR count). The van der Waals surface area contributed by atoms with Crippen molar-refractivity contribution in [3.8, 4) is 0 Å². The van der Waals surface area contributed by atoms with E-state index in [0.717, 1.165) is 16.8 Å². The molecule has 0 radical (unpaired) electrons. The molecule has 24 heavy (non-hydrogen) atoms. The van der Waals surface area contributed by atoms with Crippen molar-refractivity contribution >= 4 is 28.8 Å². The van der Waals surface area contributed by atoms with E-state index >= 15 is 0 Å². The van der Waals surface area contributed by atoms with Crippen molar-refractivity contribution in [2.75, 3.05) is 18.6 Å². The number of fused-ring (bicyclic) bond motifs is 1. The number of hydrazine groups is 1. The van der Waals surface area contributed by atoms with Crippen LogP contribution >= 0.6 is 11.6 Å². The van der Waals surface area contributed by atoms with Gasteiger partial charge < -0.3 is 10.7 Å². The highest BCUT2D eigenvalue weighted by Crippen LogP contribution is 2.34. The zero-order valence-corrected chi connectivity index (χ0v) is 13.9. The van der Waals surface area contributed by atoms with E-state index in [2.05, 4.69) is 10.7 Å². The number of rotatable bonds is 3. The lowest BCUT2D eigenvalue weighted by Crippen LogP contribution is -2.40. The Morgan fingerprint density at radius 2 is 2.08 bits per heavy atom. The molecule has 1 amide bonds. The fourth-order valence-electron chi connectivity index (χ4n) is 2.61. The van der Waals surface area contributed by atoms with Gasteiger partial charge >= 0.3 is 0 Å². The van der Waals surface area contributed by atoms with E-state index in [1.165, 1.54) is 13.0 Å². The molecule has 0 bridgehead atoms. The lowest BCUT2D eigenvalue weighted by molar-refractivity contribution is -0.119. The van der Waals surface area contributed by atoms with Gasteiger partial charge in [-0.15, -0.1) is 0 Å². The Balaban J connectivity index is 2.03. The fourth-order valence-corrected chi connectivity index (χ4v) is 2.78. The molecule has 1 aliphatic heterocycles. The maximum atomic E-state index is 14.3. The highest BCUT2D eigenvalue weighted by atomic mass is 35.5. The molecule has 2 aromatic rings. The molecule has 0 unspecified atom stereocenters. The first-order valence-electron chi connectivity index (χ1n) is 7.55. The molecule has 2 N–H and O–H groups in total. The number of halogens is 2. The number of hydrogen-bond acceptors (Lipinski definition) is 3. The van der Waals surface area contributed by atoms with Crippen molar-refractivity contribution in [1.29, 1.82) is 0 Å². The van der Waals surface area contributed by atoms with Gasteiger partial charge in [0.05, 0.1) is 12.4 Å². The molecule has 0 saturated carbocycles. The summed E-state index contributed by atoms with van der Waals surface area (Å²) in [6.07, 6.45) is 1.93. The lowest BCUT2D eigenvalue weighted by Gasteiger charge is -2.22. The highest BCUT2D eigenvalue weighted by Gasteiger charge is 2.19. The second-order valence-corrected chi connectivity index (χ2v) is 5.95. The van der Waals surface area contributed by atoms with Crippen LogP contribution in [0, 0.1) is 5.82 Å². The summed E-state index contributed by atoms with van der Waals surface area (Å²) < 4.78 is 14.3. The molecular formula is C18H17ClFN3O. The molecule has 0 aliphatic carbocycles.